The number of ketones is 1. The summed E-state index contributed by atoms with van der Waals surface area (Å²) in [4.78, 5) is 22.7. The minimum Gasteiger partial charge on any atom is -0.491 e. The predicted octanol–water partition coefficient (Wildman–Crippen LogP) is 8.37. The summed E-state index contributed by atoms with van der Waals surface area (Å²) < 4.78 is 17.7. The van der Waals surface area contributed by atoms with Crippen LogP contribution in [0, 0.1) is 6.92 Å². The van der Waals surface area contributed by atoms with Crippen LogP contribution in [-0.4, -0.2) is 27.5 Å². The molecule has 0 bridgehead atoms. The molecule has 6 rings (SSSR count). The molecule has 2 heterocycles. The molecular weight excluding hydrogens is 576 g/mol. The van der Waals surface area contributed by atoms with Gasteiger partial charge in [-0.3, -0.25) is 4.79 Å². The summed E-state index contributed by atoms with van der Waals surface area (Å²) in [7, 11) is 0. The first kappa shape index (κ1) is 30.5. The fourth-order valence-electron chi connectivity index (χ4n) is 5.23. The van der Waals surface area contributed by atoms with Crippen molar-refractivity contribution in [2.75, 3.05) is 11.9 Å². The van der Waals surface area contributed by atoms with Crippen LogP contribution in [0.25, 0.3) is 11.5 Å². The van der Waals surface area contributed by atoms with Gasteiger partial charge in [-0.25, -0.2) is 4.98 Å². The standard InChI is InChI=1S/C38H36N4O4/c1-3-12-35-41-36(46-42-35)22-20-27-19-21-34(44-24-23-31-26(2)45-38(40-31)29-15-8-5-9-16-29)33(25-27)39-32-18-11-10-17-30(32)37(43)28-13-6-4-7-14-28/h4-11,13-19,21,25,39H,3,12,20,22-24H2,1-2H3. The summed E-state index contributed by atoms with van der Waals surface area (Å²) in [5.41, 5.74) is 5.50. The second-order valence-electron chi connectivity index (χ2n) is 11.0. The summed E-state index contributed by atoms with van der Waals surface area (Å²) in [6, 6.07) is 32.7. The topological polar surface area (TPSA) is 103 Å². The first-order valence-corrected chi connectivity index (χ1v) is 15.6. The number of hydrogen-bond donors (Lipinski definition) is 1. The number of carbonyl (C=O) groups excluding carboxylic acids is 1. The van der Waals surface area contributed by atoms with Crippen LogP contribution in [-0.2, 0) is 25.7 Å². The largest absolute Gasteiger partial charge is 0.491 e. The average molecular weight is 613 g/mol. The van der Waals surface area contributed by atoms with Crippen molar-refractivity contribution in [3.63, 3.8) is 0 Å². The number of carbonyl (C=O) groups is 1. The van der Waals surface area contributed by atoms with E-state index >= 15 is 0 Å². The van der Waals surface area contributed by atoms with Crippen LogP contribution in [0.3, 0.4) is 0 Å². The molecule has 0 aliphatic carbocycles. The number of oxazole rings is 1. The molecule has 0 saturated carbocycles. The summed E-state index contributed by atoms with van der Waals surface area (Å²) >= 11 is 0. The second-order valence-corrected chi connectivity index (χ2v) is 11.0. The van der Waals surface area contributed by atoms with Gasteiger partial charge in [0.25, 0.3) is 0 Å². The molecule has 0 saturated heterocycles. The van der Waals surface area contributed by atoms with Gasteiger partial charge in [-0.2, -0.15) is 4.98 Å². The Morgan fingerprint density at radius 3 is 2.37 bits per heavy atom. The van der Waals surface area contributed by atoms with E-state index in [1.165, 1.54) is 0 Å². The molecule has 0 fully saturated rings. The molecule has 0 amide bonds. The summed E-state index contributed by atoms with van der Waals surface area (Å²) in [6.07, 6.45) is 3.66. The maximum absolute atomic E-state index is 13.5. The van der Waals surface area contributed by atoms with Crippen LogP contribution in [0.1, 0.15) is 58.0 Å². The minimum atomic E-state index is -0.0580. The molecule has 4 aromatic carbocycles. The van der Waals surface area contributed by atoms with Crippen LogP contribution in [0.2, 0.25) is 0 Å². The van der Waals surface area contributed by atoms with Gasteiger partial charge in [-0.05, 0) is 61.7 Å². The Kier molecular flexibility index (Phi) is 9.63. The molecule has 0 unspecified atom stereocenters. The molecule has 1 N–H and O–H groups in total. The average Bonchev–Trinajstić information content (AvgIpc) is 3.71. The van der Waals surface area contributed by atoms with Crippen molar-refractivity contribution in [1.82, 2.24) is 15.1 Å². The lowest BCUT2D eigenvalue weighted by atomic mass is 10.0. The van der Waals surface area contributed by atoms with E-state index in [4.69, 9.17) is 18.7 Å². The third kappa shape index (κ3) is 7.41. The number of anilines is 2. The van der Waals surface area contributed by atoms with Crippen LogP contribution in [0.4, 0.5) is 11.4 Å². The Bertz CT molecular complexity index is 1900. The number of rotatable bonds is 14. The molecule has 46 heavy (non-hydrogen) atoms. The van der Waals surface area contributed by atoms with Crippen LogP contribution < -0.4 is 10.1 Å². The maximum atomic E-state index is 13.5. The van der Waals surface area contributed by atoms with E-state index in [0.29, 0.717) is 60.2 Å². The van der Waals surface area contributed by atoms with Crippen LogP contribution in [0.15, 0.2) is 112 Å². The predicted molar refractivity (Wildman–Crippen MR) is 178 cm³/mol. The molecular formula is C38H36N4O4. The molecule has 2 aromatic heterocycles. The van der Waals surface area contributed by atoms with E-state index in [9.17, 15) is 4.79 Å². The van der Waals surface area contributed by atoms with Crippen LogP contribution in [0.5, 0.6) is 5.75 Å². The fraction of sp³-hybridized carbons (Fsp3) is 0.211. The highest BCUT2D eigenvalue weighted by Gasteiger charge is 2.17. The Balaban J connectivity index is 1.23. The minimum absolute atomic E-state index is 0.0580. The molecule has 8 heteroatoms. The van der Waals surface area contributed by atoms with Crippen molar-refractivity contribution in [3.05, 3.63) is 143 Å². The van der Waals surface area contributed by atoms with E-state index in [1.807, 2.05) is 104 Å². The van der Waals surface area contributed by atoms with E-state index in [0.717, 1.165) is 46.9 Å². The van der Waals surface area contributed by atoms with Gasteiger partial charge in [0, 0.05) is 41.6 Å². The maximum Gasteiger partial charge on any atom is 0.226 e. The van der Waals surface area contributed by atoms with Crippen molar-refractivity contribution in [3.8, 4) is 17.2 Å². The number of ether oxygens (including phenoxy) is 1. The van der Waals surface area contributed by atoms with Gasteiger partial charge >= 0.3 is 0 Å². The van der Waals surface area contributed by atoms with E-state index < -0.39 is 0 Å². The zero-order chi connectivity index (χ0) is 31.7. The molecule has 0 aliphatic rings. The lowest BCUT2D eigenvalue weighted by molar-refractivity contribution is 0.103. The first-order chi connectivity index (χ1) is 22.6. The van der Waals surface area contributed by atoms with Gasteiger partial charge in [0.15, 0.2) is 11.6 Å². The summed E-state index contributed by atoms with van der Waals surface area (Å²) in [5, 5.41) is 7.58. The molecule has 232 valence electrons. The number of aryl methyl sites for hydroxylation is 4. The van der Waals surface area contributed by atoms with Crippen molar-refractivity contribution in [1.29, 1.82) is 0 Å². The van der Waals surface area contributed by atoms with Gasteiger partial charge in [0.2, 0.25) is 11.8 Å². The van der Waals surface area contributed by atoms with Gasteiger partial charge in [-0.1, -0.05) is 78.8 Å². The second kappa shape index (κ2) is 14.5. The van der Waals surface area contributed by atoms with Crippen molar-refractivity contribution in [2.45, 2.75) is 46.0 Å². The first-order valence-electron chi connectivity index (χ1n) is 15.6. The molecule has 0 spiro atoms. The van der Waals surface area contributed by atoms with Crippen LogP contribution >= 0.6 is 0 Å². The number of nitrogens with zero attached hydrogens (tertiary/aromatic N) is 3. The third-order valence-electron chi connectivity index (χ3n) is 7.64. The molecule has 0 aliphatic heterocycles. The molecule has 6 aromatic rings. The Labute approximate surface area is 268 Å². The Morgan fingerprint density at radius 1 is 0.804 bits per heavy atom. The van der Waals surface area contributed by atoms with E-state index in [-0.39, 0.29) is 5.78 Å². The number of aromatic nitrogens is 3. The normalized spacial score (nSPS) is 11.0. The van der Waals surface area contributed by atoms with Crippen molar-refractivity contribution >= 4 is 17.2 Å². The lowest BCUT2D eigenvalue weighted by Crippen LogP contribution is -2.08. The SMILES string of the molecule is CCCc1noc(CCc2ccc(OCCc3nc(-c4ccccc4)oc3C)c(Nc3ccccc3C(=O)c3ccccc3)c2)n1. The Hall–Kier alpha value is -5.50. The number of para-hydroxylation sites is 1. The van der Waals surface area contributed by atoms with Crippen molar-refractivity contribution in [2.24, 2.45) is 0 Å². The highest BCUT2D eigenvalue weighted by Crippen LogP contribution is 2.32. The smallest absolute Gasteiger partial charge is 0.226 e. The highest BCUT2D eigenvalue weighted by molar-refractivity contribution is 6.12. The number of hydrogen-bond acceptors (Lipinski definition) is 8. The Morgan fingerprint density at radius 2 is 1.57 bits per heavy atom. The van der Waals surface area contributed by atoms with Crippen molar-refractivity contribution < 1.29 is 18.5 Å². The van der Waals surface area contributed by atoms with Gasteiger partial charge in [-0.15, -0.1) is 0 Å². The zero-order valence-electron chi connectivity index (χ0n) is 26.0. The van der Waals surface area contributed by atoms with Gasteiger partial charge in [0.05, 0.1) is 18.0 Å². The lowest BCUT2D eigenvalue weighted by Gasteiger charge is -2.17. The summed E-state index contributed by atoms with van der Waals surface area (Å²) in [5.74, 6) is 3.34. The number of benzene rings is 4. The van der Waals surface area contributed by atoms with E-state index in [2.05, 4.69) is 28.4 Å². The van der Waals surface area contributed by atoms with E-state index in [1.54, 1.807) is 0 Å². The summed E-state index contributed by atoms with van der Waals surface area (Å²) in [6.45, 7) is 4.41. The van der Waals surface area contributed by atoms with Gasteiger partial charge in [0.1, 0.15) is 11.5 Å². The zero-order valence-corrected chi connectivity index (χ0v) is 26.0. The molecule has 8 nitrogen and oxygen atoms in total. The monoisotopic (exact) mass is 612 g/mol. The fourth-order valence-corrected chi connectivity index (χ4v) is 5.23. The molecule has 0 radical (unpaired) electrons. The van der Waals surface area contributed by atoms with Gasteiger partial charge < -0.3 is 19.0 Å². The third-order valence-corrected chi connectivity index (χ3v) is 7.64. The highest BCUT2D eigenvalue weighted by atomic mass is 16.5. The number of nitrogens with one attached hydrogen (secondary N) is 1. The molecule has 0 atom stereocenters. The quantitative estimate of drug-likeness (QED) is 0.122.